The molecule has 0 bridgehead atoms. The lowest BCUT2D eigenvalue weighted by Crippen LogP contribution is -2.09. The summed E-state index contributed by atoms with van der Waals surface area (Å²) in [5.74, 6) is -0.992. The number of carbonyl (C=O) groups excluding carboxylic acids is 1. The van der Waals surface area contributed by atoms with Crippen LogP contribution < -0.4 is 5.32 Å². The Labute approximate surface area is 244 Å². The van der Waals surface area contributed by atoms with Crippen LogP contribution in [0.2, 0.25) is 0 Å². The number of fused-ring (bicyclic) bond motifs is 2. The lowest BCUT2D eigenvalue weighted by molar-refractivity contribution is -0.115. The van der Waals surface area contributed by atoms with E-state index >= 15 is 4.39 Å². The van der Waals surface area contributed by atoms with Crippen molar-refractivity contribution in [1.82, 2.24) is 30.1 Å². The molecular formula is C30H25F2N7O3S. The number of nitrogens with zero attached hydrogens (tertiary/aromatic N) is 4. The number of sulfone groups is 1. The van der Waals surface area contributed by atoms with Crippen molar-refractivity contribution in [3.8, 4) is 33.8 Å². The van der Waals surface area contributed by atoms with Crippen molar-refractivity contribution >= 4 is 43.5 Å². The Morgan fingerprint density at radius 2 is 1.86 bits per heavy atom. The topological polar surface area (TPSA) is 146 Å². The van der Waals surface area contributed by atoms with Crippen LogP contribution in [0.4, 0.5) is 14.5 Å². The summed E-state index contributed by atoms with van der Waals surface area (Å²) >= 11 is 0. The second-order valence-corrected chi connectivity index (χ2v) is 12.4. The smallest absolute Gasteiger partial charge is 0.224 e. The molecule has 0 atom stereocenters. The van der Waals surface area contributed by atoms with Crippen LogP contribution >= 0.6 is 0 Å². The number of carbonyl (C=O) groups is 1. The van der Waals surface area contributed by atoms with Crippen molar-refractivity contribution in [1.29, 1.82) is 0 Å². The first-order chi connectivity index (χ1) is 20.6. The van der Waals surface area contributed by atoms with Gasteiger partial charge in [0.2, 0.25) is 5.91 Å². The summed E-state index contributed by atoms with van der Waals surface area (Å²) in [4.78, 5) is 28.2. The standard InChI is InChI=1S/C30H25F2N7O3S/c1-3-25(40)35-21-11-19(14-33-15-21)17-12-23-26(24(32)13-17)38-39-28(23)30-36-27-22(4-6-34-29(27)37-30)18-8-16(9-20(31)10-18)5-7-43(2,41)42/h4,6,8-15H,3,5,7H2,1-2H3,(H,35,40)(H,38,39)(H,34,36,37). The van der Waals surface area contributed by atoms with E-state index in [-0.39, 0.29) is 23.6 Å². The van der Waals surface area contributed by atoms with Gasteiger partial charge in [0.1, 0.15) is 26.9 Å². The number of H-pyrrole nitrogens is 2. The van der Waals surface area contributed by atoms with Gasteiger partial charge in [0.15, 0.2) is 17.3 Å². The zero-order chi connectivity index (χ0) is 30.3. The Balaban J connectivity index is 1.41. The van der Waals surface area contributed by atoms with Crippen molar-refractivity contribution < 1.29 is 22.0 Å². The Morgan fingerprint density at radius 3 is 2.65 bits per heavy atom. The molecule has 2 aromatic carbocycles. The van der Waals surface area contributed by atoms with Crippen LogP contribution in [0.1, 0.15) is 18.9 Å². The maximum Gasteiger partial charge on any atom is 0.224 e. The number of nitrogens with one attached hydrogen (secondary N) is 3. The normalized spacial score (nSPS) is 11.8. The zero-order valence-corrected chi connectivity index (χ0v) is 23.9. The number of amides is 1. The molecule has 0 saturated heterocycles. The number of aromatic nitrogens is 6. The maximum absolute atomic E-state index is 15.2. The molecular weight excluding hydrogens is 576 g/mol. The van der Waals surface area contributed by atoms with Gasteiger partial charge in [-0.05, 0) is 59.5 Å². The fraction of sp³-hybridized carbons (Fsp3) is 0.167. The largest absolute Gasteiger partial charge is 0.335 e. The zero-order valence-electron chi connectivity index (χ0n) is 23.1. The van der Waals surface area contributed by atoms with Crippen LogP contribution in [0.3, 0.4) is 0 Å². The molecule has 0 saturated carbocycles. The lowest BCUT2D eigenvalue weighted by Gasteiger charge is -2.07. The van der Waals surface area contributed by atoms with Crippen molar-refractivity contribution in [3.63, 3.8) is 0 Å². The summed E-state index contributed by atoms with van der Waals surface area (Å²) < 4.78 is 53.1. The number of aryl methyl sites for hydroxylation is 1. The third kappa shape index (κ3) is 5.84. The highest BCUT2D eigenvalue weighted by molar-refractivity contribution is 7.90. The number of pyridine rings is 2. The number of rotatable bonds is 8. The number of hydrogen-bond donors (Lipinski definition) is 3. The first-order valence-electron chi connectivity index (χ1n) is 13.3. The monoisotopic (exact) mass is 601 g/mol. The molecule has 0 spiro atoms. The summed E-state index contributed by atoms with van der Waals surface area (Å²) in [6, 6.07) is 10.9. The molecule has 218 valence electrons. The van der Waals surface area contributed by atoms with Crippen molar-refractivity contribution in [2.45, 2.75) is 19.8 Å². The number of halogens is 2. The van der Waals surface area contributed by atoms with E-state index in [4.69, 9.17) is 0 Å². The van der Waals surface area contributed by atoms with Gasteiger partial charge in [-0.1, -0.05) is 13.0 Å². The molecule has 0 fully saturated rings. The van der Waals surface area contributed by atoms with Gasteiger partial charge in [0.05, 0.1) is 23.2 Å². The second-order valence-electron chi connectivity index (χ2n) is 10.2. The SMILES string of the molecule is CCC(=O)Nc1cncc(-c2cc(F)c3n[nH]c(-c4nc5nccc(-c6cc(F)cc(CCS(C)(=O)=O)c6)c5[nH]4)c3c2)c1. The van der Waals surface area contributed by atoms with E-state index in [2.05, 4.69) is 35.5 Å². The van der Waals surface area contributed by atoms with E-state index in [9.17, 15) is 17.6 Å². The summed E-state index contributed by atoms with van der Waals surface area (Å²) in [5.41, 5.74) is 4.65. The number of benzene rings is 2. The van der Waals surface area contributed by atoms with Crippen molar-refractivity contribution in [3.05, 3.63) is 78.3 Å². The van der Waals surface area contributed by atoms with Gasteiger partial charge in [-0.25, -0.2) is 27.2 Å². The van der Waals surface area contributed by atoms with Gasteiger partial charge in [-0.2, -0.15) is 5.10 Å². The lowest BCUT2D eigenvalue weighted by atomic mass is 10.0. The molecule has 0 radical (unpaired) electrons. The molecule has 0 aliphatic carbocycles. The van der Waals surface area contributed by atoms with E-state index in [1.807, 2.05) is 0 Å². The first kappa shape index (κ1) is 28.1. The molecule has 6 aromatic rings. The molecule has 43 heavy (non-hydrogen) atoms. The fourth-order valence-corrected chi connectivity index (χ4v) is 5.47. The highest BCUT2D eigenvalue weighted by Gasteiger charge is 2.19. The summed E-state index contributed by atoms with van der Waals surface area (Å²) in [6.07, 6.45) is 6.25. The van der Waals surface area contributed by atoms with E-state index < -0.39 is 21.5 Å². The second kappa shape index (κ2) is 11.0. The number of aromatic amines is 2. The molecule has 4 aromatic heterocycles. The van der Waals surface area contributed by atoms with Gasteiger partial charge in [-0.3, -0.25) is 14.9 Å². The minimum atomic E-state index is -3.22. The van der Waals surface area contributed by atoms with E-state index in [1.54, 1.807) is 43.6 Å². The number of hydrogen-bond acceptors (Lipinski definition) is 7. The maximum atomic E-state index is 15.2. The van der Waals surface area contributed by atoms with Crippen LogP contribution in [0.5, 0.6) is 0 Å². The molecule has 1 amide bonds. The molecule has 10 nitrogen and oxygen atoms in total. The highest BCUT2D eigenvalue weighted by Crippen LogP contribution is 2.34. The predicted octanol–water partition coefficient (Wildman–Crippen LogP) is 5.44. The van der Waals surface area contributed by atoms with Gasteiger partial charge in [0.25, 0.3) is 0 Å². The van der Waals surface area contributed by atoms with Crippen LogP contribution in [-0.2, 0) is 21.1 Å². The van der Waals surface area contributed by atoms with E-state index in [0.717, 1.165) is 6.26 Å². The fourth-order valence-electron chi connectivity index (χ4n) is 4.86. The first-order valence-corrected chi connectivity index (χ1v) is 15.4. The molecule has 0 aliphatic heterocycles. The highest BCUT2D eigenvalue weighted by atomic mass is 32.2. The van der Waals surface area contributed by atoms with Crippen molar-refractivity contribution in [2.24, 2.45) is 0 Å². The summed E-state index contributed by atoms with van der Waals surface area (Å²) in [7, 11) is -3.22. The molecule has 3 N–H and O–H groups in total. The van der Waals surface area contributed by atoms with Gasteiger partial charge in [-0.15, -0.1) is 0 Å². The third-order valence-corrected chi connectivity index (χ3v) is 7.89. The molecule has 6 rings (SSSR count). The third-order valence-electron chi connectivity index (χ3n) is 6.95. The number of imidazole rings is 1. The van der Waals surface area contributed by atoms with Crippen molar-refractivity contribution in [2.75, 3.05) is 17.3 Å². The Morgan fingerprint density at radius 1 is 1.02 bits per heavy atom. The van der Waals surface area contributed by atoms with E-state index in [1.165, 1.54) is 24.4 Å². The van der Waals surface area contributed by atoms with Crippen LogP contribution in [-0.4, -0.2) is 56.5 Å². The molecule has 13 heteroatoms. The average Bonchev–Trinajstić information content (AvgIpc) is 3.60. The van der Waals surface area contributed by atoms with Gasteiger partial charge in [0, 0.05) is 41.6 Å². The minimum Gasteiger partial charge on any atom is -0.335 e. The molecule has 4 heterocycles. The van der Waals surface area contributed by atoms with Gasteiger partial charge < -0.3 is 10.3 Å². The Hall–Kier alpha value is -5.04. The predicted molar refractivity (Wildman–Crippen MR) is 160 cm³/mol. The Bertz CT molecular complexity index is 2140. The minimum absolute atomic E-state index is 0.102. The summed E-state index contributed by atoms with van der Waals surface area (Å²) in [6.45, 7) is 1.74. The number of anilines is 1. The van der Waals surface area contributed by atoms with Crippen LogP contribution in [0, 0.1) is 11.6 Å². The quantitative estimate of drug-likeness (QED) is 0.210. The van der Waals surface area contributed by atoms with Gasteiger partial charge >= 0.3 is 0 Å². The summed E-state index contributed by atoms with van der Waals surface area (Å²) in [5, 5.41) is 10.2. The van der Waals surface area contributed by atoms with Crippen LogP contribution in [0.15, 0.2) is 61.1 Å². The molecule has 0 unspecified atom stereocenters. The average molecular weight is 602 g/mol. The Kier molecular flexibility index (Phi) is 7.18. The van der Waals surface area contributed by atoms with Crippen LogP contribution in [0.25, 0.3) is 55.8 Å². The van der Waals surface area contributed by atoms with E-state index in [0.29, 0.717) is 68.0 Å². The molecule has 0 aliphatic rings.